The van der Waals surface area contributed by atoms with Crippen molar-refractivity contribution in [3.05, 3.63) is 53.2 Å². The van der Waals surface area contributed by atoms with Gasteiger partial charge in [-0.25, -0.2) is 17.5 Å². The van der Waals surface area contributed by atoms with Crippen molar-refractivity contribution >= 4 is 21.4 Å². The Morgan fingerprint density at radius 2 is 1.84 bits per heavy atom. The highest BCUT2D eigenvalue weighted by Gasteiger charge is 2.26. The highest BCUT2D eigenvalue weighted by Crippen LogP contribution is 2.23. The maximum Gasteiger partial charge on any atom is 0.250 e. The van der Waals surface area contributed by atoms with Crippen LogP contribution in [-0.2, 0) is 10.0 Å². The van der Waals surface area contributed by atoms with Crippen LogP contribution < -0.4 is 4.72 Å². The molecule has 1 saturated heterocycles. The van der Waals surface area contributed by atoms with Crippen molar-refractivity contribution in [3.8, 4) is 0 Å². The fourth-order valence-electron chi connectivity index (χ4n) is 2.95. The second-order valence-electron chi connectivity index (χ2n) is 6.19. The van der Waals surface area contributed by atoms with E-state index in [1.165, 1.54) is 23.5 Å². The number of nitrogens with one attached hydrogen (secondary N) is 1. The molecular weight excluding hydrogens is 361 g/mol. The number of likely N-dealkylation sites (N-methyl/N-ethyl adjacent to an activating group) is 1. The fourth-order valence-corrected chi connectivity index (χ4v) is 5.03. The van der Waals surface area contributed by atoms with E-state index in [0.717, 1.165) is 31.7 Å². The number of thiophene rings is 1. The molecule has 0 radical (unpaired) electrons. The van der Waals surface area contributed by atoms with Gasteiger partial charge in [-0.3, -0.25) is 4.90 Å². The summed E-state index contributed by atoms with van der Waals surface area (Å²) in [5.74, 6) is -0.292. The number of benzene rings is 1. The molecule has 2 heterocycles. The van der Waals surface area contributed by atoms with Crippen LogP contribution in [0.3, 0.4) is 0 Å². The summed E-state index contributed by atoms with van der Waals surface area (Å²) in [5.41, 5.74) is 0.917. The largest absolute Gasteiger partial charge is 0.304 e. The van der Waals surface area contributed by atoms with Gasteiger partial charge in [-0.1, -0.05) is 18.2 Å². The molecule has 1 aromatic heterocycles. The summed E-state index contributed by atoms with van der Waals surface area (Å²) in [6.45, 7) is 3.80. The molecule has 1 fully saturated rings. The van der Waals surface area contributed by atoms with Crippen LogP contribution in [0.25, 0.3) is 0 Å². The molecule has 0 amide bonds. The Morgan fingerprint density at radius 1 is 1.16 bits per heavy atom. The van der Waals surface area contributed by atoms with Crippen LogP contribution in [-0.4, -0.2) is 58.0 Å². The topological polar surface area (TPSA) is 52.6 Å². The molecule has 1 N–H and O–H groups in total. The van der Waals surface area contributed by atoms with Crippen LogP contribution >= 0.6 is 11.3 Å². The quantitative estimate of drug-likeness (QED) is 0.831. The van der Waals surface area contributed by atoms with Gasteiger partial charge in [0.15, 0.2) is 0 Å². The highest BCUT2D eigenvalue weighted by molar-refractivity contribution is 7.91. The lowest BCUT2D eigenvalue weighted by atomic mass is 10.0. The molecule has 25 heavy (non-hydrogen) atoms. The summed E-state index contributed by atoms with van der Waals surface area (Å²) in [6.07, 6.45) is 0. The molecule has 5 nitrogen and oxygen atoms in total. The minimum Gasteiger partial charge on any atom is -0.304 e. The maximum atomic E-state index is 13.3. The van der Waals surface area contributed by atoms with Gasteiger partial charge in [0, 0.05) is 38.8 Å². The zero-order valence-corrected chi connectivity index (χ0v) is 15.7. The van der Waals surface area contributed by atoms with Crippen LogP contribution in [0.1, 0.15) is 11.6 Å². The second-order valence-corrected chi connectivity index (χ2v) is 9.13. The van der Waals surface area contributed by atoms with E-state index in [0.29, 0.717) is 4.21 Å². The molecule has 3 rings (SSSR count). The standard InChI is InChI=1S/C17H22FN3O2S2/c1-20-8-10-21(11-9-20)16(14-4-6-15(18)7-5-14)13-19-25(22,23)17-3-2-12-24-17/h2-7,12,16,19H,8-11,13H2,1H3. The molecule has 0 bridgehead atoms. The molecule has 136 valence electrons. The van der Waals surface area contributed by atoms with Crippen LogP contribution in [0.15, 0.2) is 46.0 Å². The first-order valence-electron chi connectivity index (χ1n) is 8.17. The van der Waals surface area contributed by atoms with Crippen molar-refractivity contribution in [2.75, 3.05) is 39.8 Å². The molecule has 0 saturated carbocycles. The maximum absolute atomic E-state index is 13.3. The number of halogens is 1. The van der Waals surface area contributed by atoms with Gasteiger partial charge in [0.2, 0.25) is 10.0 Å². The third-order valence-corrected chi connectivity index (χ3v) is 7.28. The molecule has 1 aromatic carbocycles. The zero-order chi connectivity index (χ0) is 17.9. The van der Waals surface area contributed by atoms with E-state index in [4.69, 9.17) is 0 Å². The van der Waals surface area contributed by atoms with Gasteiger partial charge in [-0.2, -0.15) is 0 Å². The minimum atomic E-state index is -3.52. The molecule has 1 unspecified atom stereocenters. The number of hydrogen-bond acceptors (Lipinski definition) is 5. The molecule has 1 aliphatic heterocycles. The van der Waals surface area contributed by atoms with E-state index in [-0.39, 0.29) is 18.4 Å². The van der Waals surface area contributed by atoms with Crippen molar-refractivity contribution in [3.63, 3.8) is 0 Å². The van der Waals surface area contributed by atoms with Crippen molar-refractivity contribution in [2.24, 2.45) is 0 Å². The smallest absolute Gasteiger partial charge is 0.250 e. The first kappa shape index (κ1) is 18.5. The molecule has 1 atom stereocenters. The van der Waals surface area contributed by atoms with Gasteiger partial charge < -0.3 is 4.90 Å². The molecule has 0 aliphatic carbocycles. The molecule has 0 spiro atoms. The van der Waals surface area contributed by atoms with Gasteiger partial charge in [0.25, 0.3) is 0 Å². The number of nitrogens with zero attached hydrogens (tertiary/aromatic N) is 2. The van der Waals surface area contributed by atoms with Crippen LogP contribution in [0.2, 0.25) is 0 Å². The Bertz CT molecular complexity index is 771. The lowest BCUT2D eigenvalue weighted by molar-refractivity contribution is 0.113. The Labute approximate surface area is 152 Å². The van der Waals surface area contributed by atoms with E-state index in [1.54, 1.807) is 29.6 Å². The monoisotopic (exact) mass is 383 g/mol. The van der Waals surface area contributed by atoms with Crippen LogP contribution in [0.4, 0.5) is 4.39 Å². The highest BCUT2D eigenvalue weighted by atomic mass is 32.2. The second kappa shape index (κ2) is 7.92. The average Bonchev–Trinajstić information content (AvgIpc) is 3.13. The number of rotatable bonds is 6. The van der Waals surface area contributed by atoms with E-state index in [9.17, 15) is 12.8 Å². The lowest BCUT2D eigenvalue weighted by Gasteiger charge is -2.38. The number of hydrogen-bond donors (Lipinski definition) is 1. The van der Waals surface area contributed by atoms with Gasteiger partial charge >= 0.3 is 0 Å². The van der Waals surface area contributed by atoms with Crippen molar-refractivity contribution in [1.29, 1.82) is 0 Å². The van der Waals surface area contributed by atoms with Crippen molar-refractivity contribution in [1.82, 2.24) is 14.5 Å². The average molecular weight is 384 g/mol. The first-order chi connectivity index (χ1) is 12.0. The SMILES string of the molecule is CN1CCN(C(CNS(=O)(=O)c2cccs2)c2ccc(F)cc2)CC1. The third-order valence-electron chi connectivity index (χ3n) is 4.46. The fraction of sp³-hybridized carbons (Fsp3) is 0.412. The molecule has 2 aromatic rings. The van der Waals surface area contributed by atoms with Crippen LogP contribution in [0.5, 0.6) is 0 Å². The van der Waals surface area contributed by atoms with E-state index in [2.05, 4.69) is 21.6 Å². The summed E-state index contributed by atoms with van der Waals surface area (Å²) in [6, 6.07) is 9.50. The molecular formula is C17H22FN3O2S2. The van der Waals surface area contributed by atoms with Crippen molar-refractivity contribution < 1.29 is 12.8 Å². The normalized spacial score (nSPS) is 18.3. The third kappa shape index (κ3) is 4.65. The van der Waals surface area contributed by atoms with Gasteiger partial charge in [0.1, 0.15) is 10.0 Å². The Balaban J connectivity index is 1.77. The number of sulfonamides is 1. The summed E-state index contributed by atoms with van der Waals surface area (Å²) in [4.78, 5) is 4.50. The van der Waals surface area contributed by atoms with E-state index in [1.807, 2.05) is 0 Å². The van der Waals surface area contributed by atoms with Gasteiger partial charge in [-0.15, -0.1) is 11.3 Å². The Hall–Kier alpha value is -1.32. The minimum absolute atomic E-state index is 0.121. The van der Waals surface area contributed by atoms with Crippen LogP contribution in [0, 0.1) is 5.82 Å². The lowest BCUT2D eigenvalue weighted by Crippen LogP contribution is -2.48. The van der Waals surface area contributed by atoms with Crippen molar-refractivity contribution in [2.45, 2.75) is 10.3 Å². The molecule has 1 aliphatic rings. The van der Waals surface area contributed by atoms with Gasteiger partial charge in [0.05, 0.1) is 0 Å². The zero-order valence-electron chi connectivity index (χ0n) is 14.1. The predicted molar refractivity (Wildman–Crippen MR) is 97.7 cm³/mol. The summed E-state index contributed by atoms with van der Waals surface area (Å²) < 4.78 is 41.2. The Morgan fingerprint density at radius 3 is 2.44 bits per heavy atom. The van der Waals surface area contributed by atoms with Gasteiger partial charge in [-0.05, 0) is 36.2 Å². The molecule has 8 heteroatoms. The summed E-state index contributed by atoms with van der Waals surface area (Å²) in [5, 5.41) is 1.74. The summed E-state index contributed by atoms with van der Waals surface area (Å²) >= 11 is 1.19. The first-order valence-corrected chi connectivity index (χ1v) is 10.5. The summed E-state index contributed by atoms with van der Waals surface area (Å²) in [7, 11) is -1.45. The number of piperazine rings is 1. The van der Waals surface area contributed by atoms with E-state index < -0.39 is 10.0 Å². The van der Waals surface area contributed by atoms with E-state index >= 15 is 0 Å². The Kier molecular flexibility index (Phi) is 5.85. The predicted octanol–water partition coefficient (Wildman–Crippen LogP) is 2.15.